The fourth-order valence-corrected chi connectivity index (χ4v) is 4.32. The van der Waals surface area contributed by atoms with E-state index in [1.165, 1.54) is 21.7 Å². The lowest BCUT2D eigenvalue weighted by Gasteiger charge is -2.08. The second kappa shape index (κ2) is 12.4. The monoisotopic (exact) mass is 596 g/mol. The standard InChI is InChI=1S/C30H24N6O8/c37-27-11-9-19(17-25(27)35-31-21-5-1-2-6-22(21)32-35)13-15-41-29(39)43-44-30(40)42-16-14-20-10-12-28(38)26(18-20)36-33-23-7-3-4-8-24(23)34-36/h1-12,17-18,37-38H,13-16H2. The maximum absolute atomic E-state index is 11.9. The summed E-state index contributed by atoms with van der Waals surface area (Å²) in [6, 6.07) is 24.2. The lowest BCUT2D eigenvalue weighted by molar-refractivity contribution is -0.217. The van der Waals surface area contributed by atoms with Gasteiger partial charge in [0.2, 0.25) is 0 Å². The fourth-order valence-electron chi connectivity index (χ4n) is 4.32. The summed E-state index contributed by atoms with van der Waals surface area (Å²) in [5, 5.41) is 38.0. The van der Waals surface area contributed by atoms with E-state index in [2.05, 4.69) is 30.2 Å². The minimum absolute atomic E-state index is 0.0178. The number of ether oxygens (including phenoxy) is 2. The molecule has 2 heterocycles. The van der Waals surface area contributed by atoms with Crippen molar-refractivity contribution < 1.29 is 39.1 Å². The van der Waals surface area contributed by atoms with Crippen molar-refractivity contribution >= 4 is 34.4 Å². The molecule has 0 atom stereocenters. The van der Waals surface area contributed by atoms with E-state index in [0.29, 0.717) is 33.4 Å². The molecule has 0 saturated heterocycles. The summed E-state index contributed by atoms with van der Waals surface area (Å²) in [6.45, 7) is -0.195. The Labute approximate surface area is 248 Å². The first-order valence-corrected chi connectivity index (χ1v) is 13.4. The van der Waals surface area contributed by atoms with Gasteiger partial charge in [0.25, 0.3) is 0 Å². The molecule has 0 fully saturated rings. The number of hydrogen-bond donors (Lipinski definition) is 2. The first-order valence-electron chi connectivity index (χ1n) is 13.4. The van der Waals surface area contributed by atoms with Crippen molar-refractivity contribution in [3.05, 3.63) is 96.1 Å². The molecule has 14 heteroatoms. The summed E-state index contributed by atoms with van der Waals surface area (Å²) in [4.78, 5) is 35.1. The average molecular weight is 597 g/mol. The Morgan fingerprint density at radius 3 is 1.30 bits per heavy atom. The minimum Gasteiger partial charge on any atom is -0.506 e. The van der Waals surface area contributed by atoms with Gasteiger partial charge in [0, 0.05) is 12.8 Å². The molecule has 6 rings (SSSR count). The Hall–Kier alpha value is -6.18. The van der Waals surface area contributed by atoms with Crippen LogP contribution in [-0.4, -0.2) is 65.7 Å². The predicted molar refractivity (Wildman–Crippen MR) is 153 cm³/mol. The van der Waals surface area contributed by atoms with E-state index >= 15 is 0 Å². The number of carbonyl (C=O) groups is 2. The third-order valence-corrected chi connectivity index (χ3v) is 6.48. The van der Waals surface area contributed by atoms with Crippen LogP contribution in [0.25, 0.3) is 33.4 Å². The van der Waals surface area contributed by atoms with Crippen LogP contribution in [0.3, 0.4) is 0 Å². The van der Waals surface area contributed by atoms with Crippen molar-refractivity contribution in [2.75, 3.05) is 13.2 Å². The number of hydrogen-bond acceptors (Lipinski definition) is 12. The van der Waals surface area contributed by atoms with Crippen molar-refractivity contribution in [1.29, 1.82) is 0 Å². The van der Waals surface area contributed by atoms with Gasteiger partial charge in [-0.25, -0.2) is 0 Å². The summed E-state index contributed by atoms with van der Waals surface area (Å²) in [5.41, 5.74) is 4.87. The molecule has 4 aromatic carbocycles. The van der Waals surface area contributed by atoms with Gasteiger partial charge in [-0.05, 0) is 59.7 Å². The Balaban J connectivity index is 0.938. The summed E-state index contributed by atoms with van der Waals surface area (Å²) >= 11 is 0. The molecular weight excluding hydrogens is 572 g/mol. The SMILES string of the molecule is O=C(OCCc1ccc(O)c(-n2nc3ccccc3n2)c1)OOC(=O)OCCc1ccc(O)c(-n2nc3ccccc3n2)c1. The Morgan fingerprint density at radius 1 is 0.568 bits per heavy atom. The second-order valence-electron chi connectivity index (χ2n) is 9.47. The van der Waals surface area contributed by atoms with Gasteiger partial charge in [0.05, 0.1) is 13.2 Å². The zero-order chi connectivity index (χ0) is 30.5. The lowest BCUT2D eigenvalue weighted by atomic mass is 10.1. The fraction of sp³-hybridized carbons (Fsp3) is 0.133. The largest absolute Gasteiger partial charge is 0.550 e. The molecule has 0 saturated carbocycles. The Kier molecular flexibility index (Phi) is 7.86. The number of benzene rings is 4. The van der Waals surface area contributed by atoms with Crippen LogP contribution in [0.5, 0.6) is 11.5 Å². The molecule has 222 valence electrons. The molecule has 0 amide bonds. The van der Waals surface area contributed by atoms with Crippen LogP contribution in [-0.2, 0) is 32.1 Å². The summed E-state index contributed by atoms with van der Waals surface area (Å²) in [7, 11) is 0. The molecule has 6 aromatic rings. The van der Waals surface area contributed by atoms with Crippen LogP contribution in [0, 0.1) is 0 Å². The zero-order valence-electron chi connectivity index (χ0n) is 22.9. The normalized spacial score (nSPS) is 11.0. The molecular formula is C30H24N6O8. The maximum atomic E-state index is 11.9. The molecule has 0 aliphatic heterocycles. The van der Waals surface area contributed by atoms with Gasteiger partial charge in [-0.1, -0.05) is 36.4 Å². The third kappa shape index (κ3) is 6.33. The van der Waals surface area contributed by atoms with Crippen molar-refractivity contribution in [3.8, 4) is 22.9 Å². The smallest absolute Gasteiger partial charge is 0.506 e. The highest BCUT2D eigenvalue weighted by Gasteiger charge is 2.15. The number of phenols is 2. The Morgan fingerprint density at radius 2 is 0.932 bits per heavy atom. The number of carbonyl (C=O) groups excluding carboxylic acids is 2. The zero-order valence-corrected chi connectivity index (χ0v) is 22.9. The van der Waals surface area contributed by atoms with E-state index in [1.807, 2.05) is 48.5 Å². The molecule has 14 nitrogen and oxygen atoms in total. The van der Waals surface area contributed by atoms with E-state index in [0.717, 1.165) is 11.1 Å². The summed E-state index contributed by atoms with van der Waals surface area (Å²) in [5.74, 6) is -0.0357. The number of phenolic OH excluding ortho intramolecular Hbond substituents is 2. The van der Waals surface area contributed by atoms with Crippen molar-refractivity contribution in [2.45, 2.75) is 12.8 Å². The third-order valence-electron chi connectivity index (χ3n) is 6.48. The molecule has 44 heavy (non-hydrogen) atoms. The molecule has 0 radical (unpaired) electrons. The van der Waals surface area contributed by atoms with Crippen LogP contribution < -0.4 is 0 Å². The molecule has 0 unspecified atom stereocenters. The van der Waals surface area contributed by atoms with Crippen LogP contribution in [0.15, 0.2) is 84.9 Å². The summed E-state index contributed by atoms with van der Waals surface area (Å²) in [6.07, 6.45) is -1.93. The topological polar surface area (TPSA) is 173 Å². The van der Waals surface area contributed by atoms with Crippen molar-refractivity contribution in [3.63, 3.8) is 0 Å². The van der Waals surface area contributed by atoms with E-state index < -0.39 is 12.3 Å². The molecule has 0 bridgehead atoms. The maximum Gasteiger partial charge on any atom is 0.550 e. The predicted octanol–water partition coefficient (Wildman–Crippen LogP) is 4.57. The van der Waals surface area contributed by atoms with E-state index in [-0.39, 0.29) is 37.6 Å². The van der Waals surface area contributed by atoms with Crippen LogP contribution >= 0.6 is 0 Å². The molecule has 0 aliphatic rings. The molecule has 2 N–H and O–H groups in total. The number of rotatable bonds is 8. The highest BCUT2D eigenvalue weighted by molar-refractivity contribution is 5.74. The van der Waals surface area contributed by atoms with E-state index in [1.54, 1.807) is 24.3 Å². The van der Waals surface area contributed by atoms with Crippen LogP contribution in [0.4, 0.5) is 9.59 Å². The van der Waals surface area contributed by atoms with Gasteiger partial charge in [-0.2, -0.15) is 19.4 Å². The van der Waals surface area contributed by atoms with Gasteiger partial charge in [0.1, 0.15) is 44.9 Å². The number of nitrogens with zero attached hydrogens (tertiary/aromatic N) is 6. The van der Waals surface area contributed by atoms with Crippen LogP contribution in [0.2, 0.25) is 0 Å². The van der Waals surface area contributed by atoms with Crippen molar-refractivity contribution in [1.82, 2.24) is 30.0 Å². The van der Waals surface area contributed by atoms with E-state index in [9.17, 15) is 19.8 Å². The van der Waals surface area contributed by atoms with Crippen LogP contribution in [0.1, 0.15) is 11.1 Å². The minimum atomic E-state index is -1.23. The first-order chi connectivity index (χ1) is 21.4. The molecule has 2 aromatic heterocycles. The van der Waals surface area contributed by atoms with Gasteiger partial charge in [0.15, 0.2) is 0 Å². The highest BCUT2D eigenvalue weighted by atomic mass is 17.3. The number of aromatic hydroxyl groups is 2. The number of fused-ring (bicyclic) bond motifs is 2. The quantitative estimate of drug-likeness (QED) is 0.143. The Bertz CT molecular complexity index is 1760. The highest BCUT2D eigenvalue weighted by Crippen LogP contribution is 2.25. The van der Waals surface area contributed by atoms with Gasteiger partial charge in [-0.15, -0.1) is 30.0 Å². The first kappa shape index (κ1) is 28.0. The van der Waals surface area contributed by atoms with E-state index in [4.69, 9.17) is 9.47 Å². The molecule has 0 aliphatic carbocycles. The molecule has 0 spiro atoms. The lowest BCUT2D eigenvalue weighted by Crippen LogP contribution is -2.16. The van der Waals surface area contributed by atoms with Gasteiger partial charge >= 0.3 is 12.3 Å². The van der Waals surface area contributed by atoms with Crippen molar-refractivity contribution in [2.24, 2.45) is 0 Å². The van der Waals surface area contributed by atoms with Gasteiger partial charge < -0.3 is 19.7 Å². The average Bonchev–Trinajstić information content (AvgIpc) is 3.66. The number of aromatic nitrogens is 6. The summed E-state index contributed by atoms with van der Waals surface area (Å²) < 4.78 is 9.90. The second-order valence-corrected chi connectivity index (χ2v) is 9.47. The van der Waals surface area contributed by atoms with Gasteiger partial charge in [-0.3, -0.25) is 0 Å².